The van der Waals surface area contributed by atoms with Crippen LogP contribution in [0.25, 0.3) is 0 Å². The summed E-state index contributed by atoms with van der Waals surface area (Å²) in [5.41, 5.74) is 4.40. The number of rotatable bonds is 3. The van der Waals surface area contributed by atoms with Gasteiger partial charge in [-0.3, -0.25) is 4.79 Å². The summed E-state index contributed by atoms with van der Waals surface area (Å²) < 4.78 is 26.5. The molecule has 1 heterocycles. The van der Waals surface area contributed by atoms with E-state index in [2.05, 4.69) is 18.2 Å². The minimum absolute atomic E-state index is 0.0949. The minimum Gasteiger partial charge on any atom is -0.506 e. The van der Waals surface area contributed by atoms with Crippen LogP contribution in [0, 0.1) is 13.8 Å². The fraction of sp³-hybridized carbons (Fsp3) is 0.235. The van der Waals surface area contributed by atoms with Crippen molar-refractivity contribution in [3.8, 4) is 5.75 Å². The number of carbonyl (C=O) groups excluding carboxylic acids is 1. The van der Waals surface area contributed by atoms with Gasteiger partial charge in [-0.2, -0.15) is 8.42 Å². The number of benzene rings is 2. The molecule has 3 rings (SSSR count). The number of aryl methyl sites for hydroxylation is 2. The average molecular weight is 346 g/mol. The molecule has 1 amide bonds. The van der Waals surface area contributed by atoms with Crippen LogP contribution in [0.2, 0.25) is 0 Å². The molecular weight excluding hydrogens is 328 g/mol. The molecule has 6 nitrogen and oxygen atoms in total. The van der Waals surface area contributed by atoms with Gasteiger partial charge in [0.2, 0.25) is 0 Å². The molecule has 0 aliphatic carbocycles. The summed E-state index contributed by atoms with van der Waals surface area (Å²) in [5, 5.41) is 10.2. The normalized spacial score (nSPS) is 16.2. The second-order valence-electron chi connectivity index (χ2n) is 6.03. The van der Waals surface area contributed by atoms with Crippen molar-refractivity contribution in [3.05, 3.63) is 58.7 Å². The van der Waals surface area contributed by atoms with Crippen molar-refractivity contribution in [2.24, 2.45) is 0 Å². The molecule has 24 heavy (non-hydrogen) atoms. The smallest absolute Gasteiger partial charge is 0.326 e. The van der Waals surface area contributed by atoms with E-state index in [0.29, 0.717) is 6.42 Å². The van der Waals surface area contributed by atoms with Gasteiger partial charge < -0.3 is 5.11 Å². The molecule has 2 N–H and O–H groups in total. The van der Waals surface area contributed by atoms with E-state index in [9.17, 15) is 18.3 Å². The van der Waals surface area contributed by atoms with E-state index in [4.69, 9.17) is 0 Å². The fourth-order valence-electron chi connectivity index (χ4n) is 2.96. The Balaban J connectivity index is 1.89. The van der Waals surface area contributed by atoms with Gasteiger partial charge in [-0.05, 0) is 43.5 Å². The third-order valence-corrected chi connectivity index (χ3v) is 5.21. The van der Waals surface area contributed by atoms with Gasteiger partial charge in [-0.25, -0.2) is 9.03 Å². The molecule has 2 aromatic carbocycles. The summed E-state index contributed by atoms with van der Waals surface area (Å²) in [6.07, 6.45) is 0.625. The van der Waals surface area contributed by atoms with Gasteiger partial charge in [0.1, 0.15) is 12.3 Å². The first-order valence-corrected chi connectivity index (χ1v) is 8.91. The van der Waals surface area contributed by atoms with Gasteiger partial charge in [0.05, 0.1) is 5.69 Å². The first kappa shape index (κ1) is 16.3. The average Bonchev–Trinajstić information content (AvgIpc) is 2.70. The number of carbonyl (C=O) groups is 1. The summed E-state index contributed by atoms with van der Waals surface area (Å²) in [7, 11) is -3.92. The van der Waals surface area contributed by atoms with Crippen molar-refractivity contribution < 1.29 is 18.3 Å². The van der Waals surface area contributed by atoms with E-state index < -0.39 is 16.1 Å². The van der Waals surface area contributed by atoms with Crippen molar-refractivity contribution in [2.45, 2.75) is 20.3 Å². The number of anilines is 1. The Kier molecular flexibility index (Phi) is 3.96. The molecule has 1 saturated heterocycles. The van der Waals surface area contributed by atoms with Crippen molar-refractivity contribution in [1.82, 2.24) is 4.72 Å². The van der Waals surface area contributed by atoms with Crippen LogP contribution < -0.4 is 9.03 Å². The van der Waals surface area contributed by atoms with Gasteiger partial charge in [0.25, 0.3) is 5.91 Å². The maximum Gasteiger partial charge on any atom is 0.326 e. The molecule has 1 aliphatic rings. The van der Waals surface area contributed by atoms with Crippen LogP contribution in [-0.2, 0) is 21.4 Å². The first-order chi connectivity index (χ1) is 11.2. The molecule has 7 heteroatoms. The van der Waals surface area contributed by atoms with E-state index in [1.54, 1.807) is 6.07 Å². The maximum atomic E-state index is 11.9. The number of amides is 1. The van der Waals surface area contributed by atoms with Crippen molar-refractivity contribution >= 4 is 21.8 Å². The number of hydrogen-bond acceptors (Lipinski definition) is 4. The lowest BCUT2D eigenvalue weighted by Gasteiger charge is -2.16. The van der Waals surface area contributed by atoms with E-state index in [-0.39, 0.29) is 18.0 Å². The van der Waals surface area contributed by atoms with Crippen molar-refractivity contribution in [2.75, 3.05) is 10.8 Å². The Morgan fingerprint density at radius 3 is 2.29 bits per heavy atom. The van der Waals surface area contributed by atoms with Gasteiger partial charge >= 0.3 is 10.2 Å². The Hall–Kier alpha value is -2.54. The molecule has 126 valence electrons. The zero-order valence-corrected chi connectivity index (χ0v) is 14.2. The van der Waals surface area contributed by atoms with Gasteiger partial charge in [0.15, 0.2) is 0 Å². The Morgan fingerprint density at radius 2 is 1.75 bits per heavy atom. The summed E-state index contributed by atoms with van der Waals surface area (Å²) in [6, 6.07) is 11.0. The van der Waals surface area contributed by atoms with Gasteiger partial charge in [-0.1, -0.05) is 35.4 Å². The molecule has 0 unspecified atom stereocenters. The second-order valence-corrected chi connectivity index (χ2v) is 7.63. The number of nitrogens with one attached hydrogen (secondary N) is 1. The highest BCUT2D eigenvalue weighted by atomic mass is 32.2. The van der Waals surface area contributed by atoms with Crippen LogP contribution in [0.1, 0.15) is 22.3 Å². The Bertz CT molecular complexity index is 902. The van der Waals surface area contributed by atoms with E-state index in [1.165, 1.54) is 23.3 Å². The number of nitrogens with zero attached hydrogens (tertiary/aromatic N) is 1. The molecule has 1 fully saturated rings. The lowest BCUT2D eigenvalue weighted by atomic mass is 10.0. The monoisotopic (exact) mass is 346 g/mol. The van der Waals surface area contributed by atoms with Crippen LogP contribution in [-0.4, -0.2) is 26.0 Å². The molecule has 0 spiro atoms. The topological polar surface area (TPSA) is 86.7 Å². The first-order valence-electron chi connectivity index (χ1n) is 7.47. The van der Waals surface area contributed by atoms with E-state index in [0.717, 1.165) is 15.4 Å². The SMILES string of the molecule is Cc1cc(C)cc(Cc2ccc(N3CC(=O)NS3(=O)=O)c(O)c2)c1. The Labute approximate surface area is 140 Å². The van der Waals surface area contributed by atoms with Crippen LogP contribution in [0.5, 0.6) is 5.75 Å². The molecule has 1 aliphatic heterocycles. The lowest BCUT2D eigenvalue weighted by molar-refractivity contribution is -0.117. The quantitative estimate of drug-likeness (QED) is 0.887. The predicted molar refractivity (Wildman–Crippen MR) is 91.2 cm³/mol. The van der Waals surface area contributed by atoms with E-state index in [1.807, 2.05) is 18.6 Å². The largest absolute Gasteiger partial charge is 0.506 e. The third-order valence-electron chi connectivity index (χ3n) is 3.82. The number of phenols is 1. The van der Waals surface area contributed by atoms with E-state index >= 15 is 0 Å². The predicted octanol–water partition coefficient (Wildman–Crippen LogP) is 1.78. The lowest BCUT2D eigenvalue weighted by Crippen LogP contribution is -2.29. The Morgan fingerprint density at radius 1 is 1.08 bits per heavy atom. The zero-order chi connectivity index (χ0) is 17.5. The third kappa shape index (κ3) is 3.21. The molecule has 2 aromatic rings. The summed E-state index contributed by atoms with van der Waals surface area (Å²) in [6.45, 7) is 3.73. The molecular formula is C17H18N2O4S. The standard InChI is InChI=1S/C17H18N2O4S/c1-11-5-12(2)7-14(6-11)8-13-3-4-15(16(20)9-13)19-10-17(21)18-24(19,22)23/h3-7,9,20H,8,10H2,1-2H3,(H,18,21). The number of phenolic OH excluding ortho intramolecular Hbond substituents is 1. The highest BCUT2D eigenvalue weighted by molar-refractivity contribution is 7.92. The summed E-state index contributed by atoms with van der Waals surface area (Å²) >= 11 is 0. The molecule has 0 saturated carbocycles. The van der Waals surface area contributed by atoms with Crippen molar-refractivity contribution in [3.63, 3.8) is 0 Å². The van der Waals surface area contributed by atoms with Gasteiger partial charge in [0, 0.05) is 0 Å². The highest BCUT2D eigenvalue weighted by Gasteiger charge is 2.35. The minimum atomic E-state index is -3.92. The van der Waals surface area contributed by atoms with Crippen LogP contribution >= 0.6 is 0 Å². The zero-order valence-electron chi connectivity index (χ0n) is 13.4. The van der Waals surface area contributed by atoms with Crippen LogP contribution in [0.15, 0.2) is 36.4 Å². The number of hydrogen-bond donors (Lipinski definition) is 2. The molecule has 0 atom stereocenters. The summed E-state index contributed by atoms with van der Waals surface area (Å²) in [5.74, 6) is -0.786. The number of aromatic hydroxyl groups is 1. The molecule has 0 radical (unpaired) electrons. The van der Waals surface area contributed by atoms with Crippen molar-refractivity contribution in [1.29, 1.82) is 0 Å². The van der Waals surface area contributed by atoms with Crippen LogP contribution in [0.4, 0.5) is 5.69 Å². The second kappa shape index (κ2) is 5.83. The highest BCUT2D eigenvalue weighted by Crippen LogP contribution is 2.32. The van der Waals surface area contributed by atoms with Crippen LogP contribution in [0.3, 0.4) is 0 Å². The molecule has 0 bridgehead atoms. The van der Waals surface area contributed by atoms with Gasteiger partial charge in [-0.15, -0.1) is 0 Å². The maximum absolute atomic E-state index is 11.9. The molecule has 0 aromatic heterocycles. The summed E-state index contributed by atoms with van der Waals surface area (Å²) in [4.78, 5) is 11.3. The fourth-order valence-corrected chi connectivity index (χ4v) is 4.12.